The van der Waals surface area contributed by atoms with Gasteiger partial charge in [-0.1, -0.05) is 5.16 Å². The first-order valence-electron chi connectivity index (χ1n) is 7.97. The van der Waals surface area contributed by atoms with Gasteiger partial charge in [-0.3, -0.25) is 0 Å². The maximum atomic E-state index is 5.62. The summed E-state index contributed by atoms with van der Waals surface area (Å²) in [5.41, 5.74) is 0.740. The van der Waals surface area contributed by atoms with E-state index < -0.39 is 0 Å². The minimum absolute atomic E-state index is 0.487. The summed E-state index contributed by atoms with van der Waals surface area (Å²) in [4.78, 5) is 12.8. The Bertz CT molecular complexity index is 625. The van der Waals surface area contributed by atoms with Crippen molar-refractivity contribution in [2.45, 2.75) is 38.0 Å². The van der Waals surface area contributed by atoms with Crippen molar-refractivity contribution in [3.8, 4) is 11.5 Å². The lowest BCUT2D eigenvalue weighted by molar-refractivity contribution is -0.0131. The first-order chi connectivity index (χ1) is 10.4. The van der Waals surface area contributed by atoms with Crippen LogP contribution in [0, 0.1) is 23.7 Å². The fourth-order valence-corrected chi connectivity index (χ4v) is 5.23. The highest BCUT2D eigenvalue weighted by Gasteiger charge is 2.50. The van der Waals surface area contributed by atoms with E-state index in [9.17, 15) is 0 Å². The van der Waals surface area contributed by atoms with Crippen molar-refractivity contribution in [1.29, 1.82) is 0 Å². The molecule has 4 aliphatic carbocycles. The average molecular weight is 282 g/mol. The van der Waals surface area contributed by atoms with Gasteiger partial charge in [-0.05, 0) is 61.8 Å². The zero-order valence-corrected chi connectivity index (χ0v) is 11.9. The van der Waals surface area contributed by atoms with Gasteiger partial charge in [-0.2, -0.15) is 4.98 Å². The van der Waals surface area contributed by atoms with Gasteiger partial charge in [0.2, 0.25) is 11.7 Å². The Morgan fingerprint density at radius 1 is 1.00 bits per heavy atom. The van der Waals surface area contributed by atoms with Crippen molar-refractivity contribution in [2.75, 3.05) is 0 Å². The molecular formula is C16H18N4O. The van der Waals surface area contributed by atoms with Crippen LogP contribution in [-0.4, -0.2) is 20.1 Å². The highest BCUT2D eigenvalue weighted by molar-refractivity contribution is 5.46. The number of nitrogens with zero attached hydrogens (tertiary/aromatic N) is 4. The minimum atomic E-state index is 0.487. The summed E-state index contributed by atoms with van der Waals surface area (Å²) in [6, 6.07) is 1.82. The van der Waals surface area contributed by atoms with Crippen LogP contribution >= 0.6 is 0 Å². The van der Waals surface area contributed by atoms with Gasteiger partial charge >= 0.3 is 0 Å². The van der Waals surface area contributed by atoms with E-state index in [1.165, 1.54) is 38.4 Å². The minimum Gasteiger partial charge on any atom is -0.339 e. The molecular weight excluding hydrogens is 264 g/mol. The first-order valence-corrected chi connectivity index (χ1v) is 7.97. The number of hydrogen-bond donors (Lipinski definition) is 0. The fraction of sp³-hybridized carbons (Fsp3) is 0.625. The summed E-state index contributed by atoms with van der Waals surface area (Å²) in [7, 11) is 0. The van der Waals surface area contributed by atoms with Gasteiger partial charge in [0.05, 0.1) is 0 Å². The smallest absolute Gasteiger partial charge is 0.230 e. The molecule has 0 amide bonds. The molecule has 0 unspecified atom stereocenters. The lowest BCUT2D eigenvalue weighted by Crippen LogP contribution is -2.43. The third kappa shape index (κ3) is 1.83. The summed E-state index contributed by atoms with van der Waals surface area (Å²) >= 11 is 0. The Kier molecular flexibility index (Phi) is 2.45. The Morgan fingerprint density at radius 3 is 2.43 bits per heavy atom. The quantitative estimate of drug-likeness (QED) is 0.847. The van der Waals surface area contributed by atoms with Gasteiger partial charge in [0, 0.05) is 12.1 Å². The molecule has 4 saturated carbocycles. The highest BCUT2D eigenvalue weighted by Crippen LogP contribution is 2.59. The van der Waals surface area contributed by atoms with E-state index in [4.69, 9.17) is 4.52 Å². The zero-order chi connectivity index (χ0) is 13.8. The van der Waals surface area contributed by atoms with Crippen molar-refractivity contribution in [3.63, 3.8) is 0 Å². The van der Waals surface area contributed by atoms with E-state index in [2.05, 4.69) is 20.1 Å². The fourth-order valence-electron chi connectivity index (χ4n) is 5.23. The van der Waals surface area contributed by atoms with Crippen LogP contribution in [0.15, 0.2) is 23.1 Å². The first kappa shape index (κ1) is 11.8. The molecule has 2 aromatic rings. The second-order valence-electron chi connectivity index (χ2n) is 7.01. The van der Waals surface area contributed by atoms with Crippen LogP contribution in [0.3, 0.4) is 0 Å². The van der Waals surface area contributed by atoms with E-state index >= 15 is 0 Å². The molecule has 2 aromatic heterocycles. The summed E-state index contributed by atoms with van der Waals surface area (Å²) in [6.07, 6.45) is 10.2. The summed E-state index contributed by atoms with van der Waals surface area (Å²) in [5, 5.41) is 4.14. The predicted octanol–water partition coefficient (Wildman–Crippen LogP) is 3.07. The molecule has 0 N–H and O–H groups in total. The van der Waals surface area contributed by atoms with Crippen LogP contribution in [-0.2, 0) is 0 Å². The molecule has 21 heavy (non-hydrogen) atoms. The van der Waals surface area contributed by atoms with Crippen molar-refractivity contribution in [1.82, 2.24) is 20.1 Å². The molecule has 0 spiro atoms. The summed E-state index contributed by atoms with van der Waals surface area (Å²) in [6.45, 7) is 0. The third-order valence-electron chi connectivity index (χ3n) is 5.76. The largest absolute Gasteiger partial charge is 0.339 e. The highest BCUT2D eigenvalue weighted by atomic mass is 16.5. The second kappa shape index (κ2) is 4.36. The molecule has 0 aliphatic heterocycles. The summed E-state index contributed by atoms with van der Waals surface area (Å²) < 4.78 is 5.62. The topological polar surface area (TPSA) is 64.7 Å². The maximum absolute atomic E-state index is 5.62. The number of hydrogen-bond acceptors (Lipinski definition) is 5. The van der Waals surface area contributed by atoms with Crippen LogP contribution in [0.4, 0.5) is 0 Å². The normalized spacial score (nSPS) is 37.0. The molecule has 5 heteroatoms. The van der Waals surface area contributed by atoms with Gasteiger partial charge in [-0.25, -0.2) is 9.97 Å². The number of rotatable bonds is 2. The molecule has 0 radical (unpaired) electrons. The van der Waals surface area contributed by atoms with Crippen LogP contribution < -0.4 is 0 Å². The Labute approximate surface area is 123 Å². The Morgan fingerprint density at radius 2 is 1.76 bits per heavy atom. The lowest BCUT2D eigenvalue weighted by atomic mass is 9.52. The average Bonchev–Trinajstić information content (AvgIpc) is 2.97. The molecule has 2 heterocycles. The molecule has 6 rings (SSSR count). The van der Waals surface area contributed by atoms with E-state index in [0.717, 1.165) is 35.3 Å². The monoisotopic (exact) mass is 282 g/mol. The van der Waals surface area contributed by atoms with Gasteiger partial charge in [0.15, 0.2) is 0 Å². The van der Waals surface area contributed by atoms with Crippen LogP contribution in [0.5, 0.6) is 0 Å². The van der Waals surface area contributed by atoms with Gasteiger partial charge in [0.25, 0.3) is 0 Å². The van der Waals surface area contributed by atoms with Crippen molar-refractivity contribution >= 4 is 0 Å². The van der Waals surface area contributed by atoms with E-state index in [0.29, 0.717) is 11.7 Å². The summed E-state index contributed by atoms with van der Waals surface area (Å²) in [5.74, 6) is 5.39. The second-order valence-corrected chi connectivity index (χ2v) is 7.01. The molecule has 0 atom stereocenters. The standard InChI is InChI=1S/C16H18N4O/c1-2-17-8-18-13(1)15-19-16(21-20-15)14-11-4-9-3-10(6-11)7-12(14)5-9/h1-2,8-12,14H,3-7H2. The number of aromatic nitrogens is 4. The molecule has 4 bridgehead atoms. The van der Waals surface area contributed by atoms with Gasteiger partial charge in [-0.15, -0.1) is 0 Å². The lowest BCUT2D eigenvalue weighted by Gasteiger charge is -2.53. The van der Waals surface area contributed by atoms with E-state index in [1.807, 2.05) is 6.07 Å². The van der Waals surface area contributed by atoms with Gasteiger partial charge in [0.1, 0.15) is 12.0 Å². The van der Waals surface area contributed by atoms with Crippen molar-refractivity contribution < 1.29 is 4.52 Å². The maximum Gasteiger partial charge on any atom is 0.230 e. The van der Waals surface area contributed by atoms with E-state index in [1.54, 1.807) is 6.20 Å². The third-order valence-corrected chi connectivity index (χ3v) is 5.76. The zero-order valence-electron chi connectivity index (χ0n) is 11.9. The molecule has 0 aromatic carbocycles. The molecule has 4 aliphatic rings. The van der Waals surface area contributed by atoms with Gasteiger partial charge < -0.3 is 4.52 Å². The van der Waals surface area contributed by atoms with Crippen molar-refractivity contribution in [2.24, 2.45) is 23.7 Å². The van der Waals surface area contributed by atoms with Crippen molar-refractivity contribution in [3.05, 3.63) is 24.5 Å². The van der Waals surface area contributed by atoms with E-state index in [-0.39, 0.29) is 0 Å². The molecule has 108 valence electrons. The van der Waals surface area contributed by atoms with Crippen LogP contribution in [0.2, 0.25) is 0 Å². The molecule has 5 nitrogen and oxygen atoms in total. The van der Waals surface area contributed by atoms with Crippen LogP contribution in [0.1, 0.15) is 43.9 Å². The molecule has 4 fully saturated rings. The van der Waals surface area contributed by atoms with Crippen LogP contribution in [0.25, 0.3) is 11.5 Å². The predicted molar refractivity (Wildman–Crippen MR) is 75.1 cm³/mol. The Hall–Kier alpha value is -1.78. The molecule has 0 saturated heterocycles. The SMILES string of the molecule is c1cc(-c2noc(C3C4CC5CC(C4)CC3C5)n2)ncn1. The Balaban J connectivity index is 1.47.